The van der Waals surface area contributed by atoms with Crippen LogP contribution in [0.5, 0.6) is 0 Å². The minimum atomic E-state index is -0.833. The van der Waals surface area contributed by atoms with Crippen molar-refractivity contribution >= 4 is 6.03 Å². The number of carbonyl (C=O) groups excluding carboxylic acids is 1. The number of amides is 2. The first-order chi connectivity index (χ1) is 5.52. The van der Waals surface area contributed by atoms with Crippen molar-refractivity contribution in [2.24, 2.45) is 11.5 Å². The molecular formula is C8H19N3O. The highest BCUT2D eigenvalue weighted by molar-refractivity contribution is 5.69. The molecule has 72 valence electrons. The Bertz CT molecular complexity index is 126. The van der Waals surface area contributed by atoms with E-state index in [1.165, 1.54) is 19.3 Å². The lowest BCUT2D eigenvalue weighted by Gasteiger charge is -2.25. The van der Waals surface area contributed by atoms with Gasteiger partial charge in [0.05, 0.1) is 0 Å². The Morgan fingerprint density at radius 2 is 1.58 bits per heavy atom. The van der Waals surface area contributed by atoms with Crippen LogP contribution in [0, 0.1) is 0 Å². The van der Waals surface area contributed by atoms with Crippen LogP contribution in [0.3, 0.4) is 0 Å². The van der Waals surface area contributed by atoms with Gasteiger partial charge in [0.2, 0.25) is 0 Å². The summed E-state index contributed by atoms with van der Waals surface area (Å²) in [6.07, 6.45) is 4.14. The fraction of sp³-hybridized carbons (Fsp3) is 0.875. The number of nitrogens with one attached hydrogen (secondary N) is 1. The third kappa shape index (κ3) is 7.34. The van der Waals surface area contributed by atoms with Crippen molar-refractivity contribution in [1.29, 1.82) is 0 Å². The van der Waals surface area contributed by atoms with Crippen molar-refractivity contribution in [2.45, 2.75) is 45.2 Å². The van der Waals surface area contributed by atoms with Crippen LogP contribution >= 0.6 is 0 Å². The van der Waals surface area contributed by atoms with E-state index in [0.717, 1.165) is 12.1 Å². The SMILES string of the molecule is CC1CCCC(C)N1.NC(N)=O. The highest BCUT2D eigenvalue weighted by Crippen LogP contribution is 2.10. The van der Waals surface area contributed by atoms with E-state index in [1.807, 2.05) is 0 Å². The van der Waals surface area contributed by atoms with Gasteiger partial charge in [-0.1, -0.05) is 6.42 Å². The van der Waals surface area contributed by atoms with E-state index < -0.39 is 6.03 Å². The molecule has 2 unspecified atom stereocenters. The maximum Gasteiger partial charge on any atom is 0.309 e. The maximum atomic E-state index is 9.00. The zero-order chi connectivity index (χ0) is 9.56. The number of carbonyl (C=O) groups is 1. The van der Waals surface area contributed by atoms with Crippen molar-refractivity contribution in [3.8, 4) is 0 Å². The van der Waals surface area contributed by atoms with Crippen LogP contribution in [0.25, 0.3) is 0 Å². The molecule has 12 heavy (non-hydrogen) atoms. The molecule has 2 atom stereocenters. The summed E-state index contributed by atoms with van der Waals surface area (Å²) in [4.78, 5) is 9.00. The van der Waals surface area contributed by atoms with Crippen molar-refractivity contribution in [3.63, 3.8) is 0 Å². The topological polar surface area (TPSA) is 81.1 Å². The lowest BCUT2D eigenvalue weighted by atomic mass is 10.0. The van der Waals surface area contributed by atoms with Crippen LogP contribution in [0.15, 0.2) is 0 Å². The Morgan fingerprint density at radius 1 is 1.25 bits per heavy atom. The normalized spacial score (nSPS) is 28.5. The highest BCUT2D eigenvalue weighted by Gasteiger charge is 2.11. The van der Waals surface area contributed by atoms with Gasteiger partial charge in [0.15, 0.2) is 0 Å². The van der Waals surface area contributed by atoms with Gasteiger partial charge in [0.1, 0.15) is 0 Å². The van der Waals surface area contributed by atoms with E-state index in [4.69, 9.17) is 4.79 Å². The van der Waals surface area contributed by atoms with Gasteiger partial charge in [-0.15, -0.1) is 0 Å². The summed E-state index contributed by atoms with van der Waals surface area (Å²) in [6, 6.07) is 0.692. The van der Waals surface area contributed by atoms with Gasteiger partial charge >= 0.3 is 6.03 Å². The molecule has 0 aromatic carbocycles. The molecule has 0 radical (unpaired) electrons. The fourth-order valence-corrected chi connectivity index (χ4v) is 1.38. The maximum absolute atomic E-state index is 9.00. The number of nitrogens with two attached hydrogens (primary N) is 2. The Hall–Kier alpha value is -0.770. The Morgan fingerprint density at radius 3 is 1.75 bits per heavy atom. The van der Waals surface area contributed by atoms with Crippen LogP contribution in [-0.2, 0) is 0 Å². The zero-order valence-electron chi connectivity index (χ0n) is 7.84. The van der Waals surface area contributed by atoms with E-state index in [1.54, 1.807) is 0 Å². The quantitative estimate of drug-likeness (QED) is 0.500. The summed E-state index contributed by atoms with van der Waals surface area (Å²) in [5, 5.41) is 3.48. The average molecular weight is 173 g/mol. The summed E-state index contributed by atoms with van der Waals surface area (Å²) in [7, 11) is 0. The van der Waals surface area contributed by atoms with Gasteiger partial charge < -0.3 is 16.8 Å². The predicted octanol–water partition coefficient (Wildman–Crippen LogP) is 0.561. The Balaban J connectivity index is 0.000000261. The third-order valence-corrected chi connectivity index (χ3v) is 1.84. The number of hydrogen-bond donors (Lipinski definition) is 3. The molecule has 1 saturated heterocycles. The molecule has 0 aliphatic carbocycles. The molecule has 1 rings (SSSR count). The Kier molecular flexibility index (Phi) is 5.45. The zero-order valence-corrected chi connectivity index (χ0v) is 7.84. The minimum Gasteiger partial charge on any atom is -0.352 e. The fourth-order valence-electron chi connectivity index (χ4n) is 1.38. The molecule has 1 aliphatic rings. The number of hydrogen-bond acceptors (Lipinski definition) is 2. The number of piperidine rings is 1. The summed E-state index contributed by atoms with van der Waals surface area (Å²) < 4.78 is 0. The van der Waals surface area contributed by atoms with Crippen LogP contribution < -0.4 is 16.8 Å². The Labute approximate surface area is 73.7 Å². The van der Waals surface area contributed by atoms with Crippen LogP contribution in [0.2, 0.25) is 0 Å². The molecule has 0 aromatic heterocycles. The van der Waals surface area contributed by atoms with Crippen LogP contribution in [-0.4, -0.2) is 18.1 Å². The molecule has 0 bridgehead atoms. The summed E-state index contributed by atoms with van der Waals surface area (Å²) in [6.45, 7) is 4.52. The second-order valence-electron chi connectivity index (χ2n) is 3.30. The molecule has 2 amide bonds. The molecule has 4 heteroatoms. The third-order valence-electron chi connectivity index (χ3n) is 1.84. The molecule has 4 nitrogen and oxygen atoms in total. The number of rotatable bonds is 0. The highest BCUT2D eigenvalue weighted by atomic mass is 16.2. The van der Waals surface area contributed by atoms with E-state index >= 15 is 0 Å². The molecule has 0 saturated carbocycles. The molecular weight excluding hydrogens is 154 g/mol. The largest absolute Gasteiger partial charge is 0.352 e. The monoisotopic (exact) mass is 173 g/mol. The number of urea groups is 1. The van der Waals surface area contributed by atoms with Crippen molar-refractivity contribution in [1.82, 2.24) is 5.32 Å². The van der Waals surface area contributed by atoms with Gasteiger partial charge in [0.25, 0.3) is 0 Å². The lowest BCUT2D eigenvalue weighted by molar-refractivity contribution is 0.256. The second-order valence-corrected chi connectivity index (χ2v) is 3.30. The summed E-state index contributed by atoms with van der Waals surface area (Å²) in [5.74, 6) is 0. The molecule has 0 spiro atoms. The van der Waals surface area contributed by atoms with Crippen molar-refractivity contribution in [3.05, 3.63) is 0 Å². The van der Waals surface area contributed by atoms with E-state index in [2.05, 4.69) is 30.6 Å². The van der Waals surface area contributed by atoms with Crippen LogP contribution in [0.4, 0.5) is 4.79 Å². The van der Waals surface area contributed by atoms with E-state index in [9.17, 15) is 0 Å². The van der Waals surface area contributed by atoms with Gasteiger partial charge in [-0.25, -0.2) is 4.79 Å². The summed E-state index contributed by atoms with van der Waals surface area (Å²) in [5.41, 5.74) is 8.50. The first kappa shape index (κ1) is 11.2. The molecule has 1 heterocycles. The summed E-state index contributed by atoms with van der Waals surface area (Å²) >= 11 is 0. The van der Waals surface area contributed by atoms with Gasteiger partial charge in [-0.05, 0) is 26.7 Å². The predicted molar refractivity (Wildman–Crippen MR) is 49.7 cm³/mol. The standard InChI is InChI=1S/C7H15N.CH4N2O/c1-6-4-3-5-7(2)8-6;2-1(3)4/h6-8H,3-5H2,1-2H3;(H4,2,3,4). The minimum absolute atomic E-state index is 0.763. The second kappa shape index (κ2) is 5.83. The smallest absolute Gasteiger partial charge is 0.309 e. The molecule has 1 fully saturated rings. The van der Waals surface area contributed by atoms with E-state index in [0.29, 0.717) is 0 Å². The molecule has 5 N–H and O–H groups in total. The molecule has 1 aliphatic heterocycles. The first-order valence-corrected chi connectivity index (χ1v) is 4.33. The van der Waals surface area contributed by atoms with Crippen LogP contribution in [0.1, 0.15) is 33.1 Å². The van der Waals surface area contributed by atoms with Gasteiger partial charge in [0, 0.05) is 12.1 Å². The number of primary amides is 2. The van der Waals surface area contributed by atoms with Gasteiger partial charge in [-0.2, -0.15) is 0 Å². The first-order valence-electron chi connectivity index (χ1n) is 4.33. The van der Waals surface area contributed by atoms with Crippen molar-refractivity contribution < 1.29 is 4.79 Å². The van der Waals surface area contributed by atoms with Crippen molar-refractivity contribution in [2.75, 3.05) is 0 Å². The average Bonchev–Trinajstić information content (AvgIpc) is 1.84. The van der Waals surface area contributed by atoms with E-state index in [-0.39, 0.29) is 0 Å². The molecule has 0 aromatic rings. The van der Waals surface area contributed by atoms with Gasteiger partial charge in [-0.3, -0.25) is 0 Å². The lowest BCUT2D eigenvalue weighted by Crippen LogP contribution is -2.38.